The molecule has 0 N–H and O–H groups in total. The van der Waals surface area contributed by atoms with Crippen LogP contribution in [0.15, 0.2) is 41.4 Å². The molecular formula is C17H16N2O2S. The van der Waals surface area contributed by atoms with Crippen molar-refractivity contribution in [3.63, 3.8) is 0 Å². The van der Waals surface area contributed by atoms with Crippen LogP contribution in [-0.2, 0) is 10.5 Å². The Bertz CT molecular complexity index is 709. The van der Waals surface area contributed by atoms with Crippen molar-refractivity contribution in [2.45, 2.75) is 24.6 Å². The molecule has 4 nitrogen and oxygen atoms in total. The van der Waals surface area contributed by atoms with Gasteiger partial charge in [-0.15, -0.1) is 11.8 Å². The van der Waals surface area contributed by atoms with E-state index >= 15 is 0 Å². The molecule has 112 valence electrons. The molecule has 0 saturated heterocycles. The summed E-state index contributed by atoms with van der Waals surface area (Å²) in [6, 6.07) is 13.6. The van der Waals surface area contributed by atoms with E-state index in [0.29, 0.717) is 28.5 Å². The molecule has 22 heavy (non-hydrogen) atoms. The lowest BCUT2D eigenvalue weighted by molar-refractivity contribution is 0.0524. The molecule has 0 aliphatic heterocycles. The van der Waals surface area contributed by atoms with E-state index in [1.165, 1.54) is 11.8 Å². The fraction of sp³-hybridized carbons (Fsp3) is 0.235. The summed E-state index contributed by atoms with van der Waals surface area (Å²) >= 11 is 1.49. The number of thioether (sulfide) groups is 1. The second-order valence-corrected chi connectivity index (χ2v) is 5.54. The summed E-state index contributed by atoms with van der Waals surface area (Å²) in [6.45, 7) is 3.79. The summed E-state index contributed by atoms with van der Waals surface area (Å²) in [6.07, 6.45) is 0. The van der Waals surface area contributed by atoms with Gasteiger partial charge in [-0.25, -0.2) is 9.78 Å². The fourth-order valence-electron chi connectivity index (χ4n) is 1.91. The third-order valence-electron chi connectivity index (χ3n) is 3.01. The molecule has 0 atom stereocenters. The molecule has 0 saturated carbocycles. The number of aryl methyl sites for hydroxylation is 1. The van der Waals surface area contributed by atoms with Gasteiger partial charge in [0.15, 0.2) is 0 Å². The van der Waals surface area contributed by atoms with E-state index in [-0.39, 0.29) is 0 Å². The van der Waals surface area contributed by atoms with Gasteiger partial charge in [0.1, 0.15) is 11.1 Å². The number of hydrogen-bond acceptors (Lipinski definition) is 5. The number of rotatable bonds is 5. The van der Waals surface area contributed by atoms with Crippen LogP contribution in [-0.4, -0.2) is 17.6 Å². The Morgan fingerprint density at radius 1 is 1.36 bits per heavy atom. The second-order valence-electron chi connectivity index (χ2n) is 4.58. The van der Waals surface area contributed by atoms with Gasteiger partial charge in [0.05, 0.1) is 23.4 Å². The minimum Gasteiger partial charge on any atom is -0.462 e. The first kappa shape index (κ1) is 16.1. The molecule has 0 bridgehead atoms. The number of hydrogen-bond donors (Lipinski definition) is 0. The van der Waals surface area contributed by atoms with Gasteiger partial charge in [-0.2, -0.15) is 5.26 Å². The molecule has 0 radical (unpaired) electrons. The number of nitriles is 1. The standard InChI is InChI=1S/C17H16N2O2S/c1-3-21-17(20)15-9-14(10-18)16(19-12(15)2)22-11-13-7-5-4-6-8-13/h4-9H,3,11H2,1-2H3. The Morgan fingerprint density at radius 3 is 2.73 bits per heavy atom. The van der Waals surface area contributed by atoms with E-state index in [1.54, 1.807) is 19.9 Å². The maximum absolute atomic E-state index is 11.8. The highest BCUT2D eigenvalue weighted by molar-refractivity contribution is 7.98. The predicted molar refractivity (Wildman–Crippen MR) is 85.6 cm³/mol. The highest BCUT2D eigenvalue weighted by Gasteiger charge is 2.16. The Morgan fingerprint density at radius 2 is 2.09 bits per heavy atom. The summed E-state index contributed by atoms with van der Waals surface area (Å²) in [5.41, 5.74) is 2.48. The number of esters is 1. The summed E-state index contributed by atoms with van der Waals surface area (Å²) in [7, 11) is 0. The number of benzene rings is 1. The zero-order valence-electron chi connectivity index (χ0n) is 12.5. The molecule has 0 fully saturated rings. The molecular weight excluding hydrogens is 296 g/mol. The molecule has 1 aromatic heterocycles. The molecule has 1 heterocycles. The Kier molecular flexibility index (Phi) is 5.56. The first-order chi connectivity index (χ1) is 10.7. The van der Waals surface area contributed by atoms with Crippen molar-refractivity contribution in [3.05, 3.63) is 58.8 Å². The van der Waals surface area contributed by atoms with Crippen LogP contribution in [0.5, 0.6) is 0 Å². The van der Waals surface area contributed by atoms with Crippen LogP contribution in [0.1, 0.15) is 34.1 Å². The van der Waals surface area contributed by atoms with Crippen molar-refractivity contribution in [2.75, 3.05) is 6.61 Å². The van der Waals surface area contributed by atoms with Gasteiger partial charge >= 0.3 is 5.97 Å². The average molecular weight is 312 g/mol. The van der Waals surface area contributed by atoms with Crippen LogP contribution in [0.3, 0.4) is 0 Å². The minimum absolute atomic E-state index is 0.296. The number of carbonyl (C=O) groups is 1. The maximum atomic E-state index is 11.8. The van der Waals surface area contributed by atoms with Gasteiger partial charge in [-0.05, 0) is 25.5 Å². The van der Waals surface area contributed by atoms with Crippen LogP contribution in [0, 0.1) is 18.3 Å². The highest BCUT2D eigenvalue weighted by atomic mass is 32.2. The minimum atomic E-state index is -0.441. The van der Waals surface area contributed by atoms with Crippen LogP contribution < -0.4 is 0 Å². The van der Waals surface area contributed by atoms with Crippen molar-refractivity contribution in [3.8, 4) is 6.07 Å². The van der Waals surface area contributed by atoms with Gasteiger partial charge in [-0.1, -0.05) is 30.3 Å². The van der Waals surface area contributed by atoms with Crippen LogP contribution in [0.4, 0.5) is 0 Å². The van der Waals surface area contributed by atoms with Crippen LogP contribution in [0.2, 0.25) is 0 Å². The van der Waals surface area contributed by atoms with Crippen molar-refractivity contribution < 1.29 is 9.53 Å². The Balaban J connectivity index is 2.23. The van der Waals surface area contributed by atoms with Gasteiger partial charge in [0.25, 0.3) is 0 Å². The number of aromatic nitrogens is 1. The molecule has 5 heteroatoms. The van der Waals surface area contributed by atoms with Crippen molar-refractivity contribution in [1.29, 1.82) is 5.26 Å². The zero-order chi connectivity index (χ0) is 15.9. The molecule has 1 aromatic carbocycles. The summed E-state index contributed by atoms with van der Waals surface area (Å²) in [5.74, 6) is 0.282. The van der Waals surface area contributed by atoms with E-state index in [4.69, 9.17) is 4.74 Å². The third kappa shape index (κ3) is 3.86. The summed E-state index contributed by atoms with van der Waals surface area (Å²) in [5, 5.41) is 9.92. The number of carbonyl (C=O) groups excluding carboxylic acids is 1. The number of ether oxygens (including phenoxy) is 1. The van der Waals surface area contributed by atoms with E-state index in [9.17, 15) is 10.1 Å². The molecule has 2 rings (SSSR count). The predicted octanol–water partition coefficient (Wildman–Crippen LogP) is 3.73. The molecule has 0 spiro atoms. The monoisotopic (exact) mass is 312 g/mol. The molecule has 2 aromatic rings. The van der Waals surface area contributed by atoms with Crippen molar-refractivity contribution >= 4 is 17.7 Å². The molecule has 0 aliphatic carbocycles. The fourth-order valence-corrected chi connectivity index (χ4v) is 2.87. The normalized spacial score (nSPS) is 10.0. The lowest BCUT2D eigenvalue weighted by Gasteiger charge is -2.09. The van der Waals surface area contributed by atoms with Gasteiger partial charge in [0.2, 0.25) is 0 Å². The summed E-state index contributed by atoms with van der Waals surface area (Å²) < 4.78 is 4.98. The van der Waals surface area contributed by atoms with Crippen LogP contribution in [0.25, 0.3) is 0 Å². The maximum Gasteiger partial charge on any atom is 0.340 e. The van der Waals surface area contributed by atoms with Crippen LogP contribution >= 0.6 is 11.8 Å². The van der Waals surface area contributed by atoms with E-state index in [1.807, 2.05) is 30.3 Å². The van der Waals surface area contributed by atoms with Crippen molar-refractivity contribution in [1.82, 2.24) is 4.98 Å². The highest BCUT2D eigenvalue weighted by Crippen LogP contribution is 2.26. The van der Waals surface area contributed by atoms with E-state index in [0.717, 1.165) is 11.3 Å². The first-order valence-electron chi connectivity index (χ1n) is 6.91. The van der Waals surface area contributed by atoms with Gasteiger partial charge in [-0.3, -0.25) is 0 Å². The lowest BCUT2D eigenvalue weighted by Crippen LogP contribution is -2.09. The SMILES string of the molecule is CCOC(=O)c1cc(C#N)c(SCc2ccccc2)nc1C. The van der Waals surface area contributed by atoms with Crippen molar-refractivity contribution in [2.24, 2.45) is 0 Å². The second kappa shape index (κ2) is 7.62. The van der Waals surface area contributed by atoms with E-state index in [2.05, 4.69) is 11.1 Å². The van der Waals surface area contributed by atoms with Gasteiger partial charge < -0.3 is 4.74 Å². The third-order valence-corrected chi connectivity index (χ3v) is 4.07. The zero-order valence-corrected chi connectivity index (χ0v) is 13.3. The number of pyridine rings is 1. The van der Waals surface area contributed by atoms with E-state index < -0.39 is 5.97 Å². The smallest absolute Gasteiger partial charge is 0.340 e. The quantitative estimate of drug-likeness (QED) is 0.622. The summed E-state index contributed by atoms with van der Waals surface area (Å²) in [4.78, 5) is 16.2. The molecule has 0 amide bonds. The first-order valence-corrected chi connectivity index (χ1v) is 7.89. The Labute approximate surface area is 134 Å². The topological polar surface area (TPSA) is 63.0 Å². The molecule has 0 unspecified atom stereocenters. The average Bonchev–Trinajstić information content (AvgIpc) is 2.54. The largest absolute Gasteiger partial charge is 0.462 e. The molecule has 0 aliphatic rings. The van der Waals surface area contributed by atoms with Gasteiger partial charge in [0, 0.05) is 5.75 Å². The Hall–Kier alpha value is -2.32. The number of nitrogens with zero attached hydrogens (tertiary/aromatic N) is 2. The lowest BCUT2D eigenvalue weighted by atomic mass is 10.1.